The zero-order valence-electron chi connectivity index (χ0n) is 9.87. The van der Waals surface area contributed by atoms with Crippen molar-refractivity contribution >= 4 is 0 Å². The van der Waals surface area contributed by atoms with Gasteiger partial charge < -0.3 is 5.32 Å². The smallest absolute Gasteiger partial charge is 0.141 e. The lowest BCUT2D eigenvalue weighted by Gasteiger charge is -2.07. The monoisotopic (exact) mass is 234 g/mol. The van der Waals surface area contributed by atoms with Crippen LogP contribution in [0.1, 0.15) is 19.4 Å². The summed E-state index contributed by atoms with van der Waals surface area (Å²) in [5.74, 6) is -0.338. The third kappa shape index (κ3) is 2.88. The molecule has 0 amide bonds. The summed E-state index contributed by atoms with van der Waals surface area (Å²) in [5.41, 5.74) is 2.56. The fourth-order valence-electron chi connectivity index (χ4n) is 1.50. The van der Waals surface area contributed by atoms with Crippen molar-refractivity contribution in [3.8, 4) is 11.4 Å². The average molecular weight is 234 g/mol. The van der Waals surface area contributed by atoms with E-state index in [0.29, 0.717) is 18.3 Å². The van der Waals surface area contributed by atoms with Crippen molar-refractivity contribution in [3.63, 3.8) is 0 Å². The third-order valence-corrected chi connectivity index (χ3v) is 2.40. The molecule has 0 fully saturated rings. The van der Waals surface area contributed by atoms with E-state index in [2.05, 4.69) is 34.3 Å². The van der Waals surface area contributed by atoms with E-state index < -0.39 is 0 Å². The molecule has 0 aliphatic heterocycles. The first-order valence-electron chi connectivity index (χ1n) is 5.54. The molecule has 17 heavy (non-hydrogen) atoms. The number of aromatic amines is 1. The van der Waals surface area contributed by atoms with E-state index >= 15 is 0 Å². The van der Waals surface area contributed by atoms with Crippen LogP contribution in [-0.4, -0.2) is 21.2 Å². The van der Waals surface area contributed by atoms with Crippen molar-refractivity contribution in [3.05, 3.63) is 35.9 Å². The number of hydrogen-bond donors (Lipinski definition) is 2. The van der Waals surface area contributed by atoms with E-state index in [1.807, 2.05) is 0 Å². The summed E-state index contributed by atoms with van der Waals surface area (Å²) in [7, 11) is 0. The van der Waals surface area contributed by atoms with Crippen molar-refractivity contribution in [1.82, 2.24) is 20.5 Å². The summed E-state index contributed by atoms with van der Waals surface area (Å²) in [5, 5.41) is 10.2. The number of rotatable bonds is 4. The van der Waals surface area contributed by atoms with E-state index in [9.17, 15) is 4.39 Å². The van der Waals surface area contributed by atoms with Gasteiger partial charge in [-0.25, -0.2) is 4.39 Å². The van der Waals surface area contributed by atoms with Crippen LogP contribution in [0.4, 0.5) is 4.39 Å². The van der Waals surface area contributed by atoms with Gasteiger partial charge in [-0.2, -0.15) is 5.10 Å². The molecular weight excluding hydrogens is 219 g/mol. The van der Waals surface area contributed by atoms with Crippen LogP contribution in [0.3, 0.4) is 0 Å². The molecule has 0 saturated carbocycles. The Hall–Kier alpha value is -1.75. The highest BCUT2D eigenvalue weighted by molar-refractivity contribution is 5.57. The Balaban J connectivity index is 2.21. The molecule has 0 spiro atoms. The standard InChI is InChI=1S/C12H15FN4/c1-8(2)14-5-9-6-16-17-12(9)11-4-3-10(13)7-15-11/h3-4,6-8,14H,5H2,1-2H3,(H,16,17). The number of hydrogen-bond acceptors (Lipinski definition) is 3. The first kappa shape index (κ1) is 11.7. The molecule has 0 bridgehead atoms. The minimum absolute atomic E-state index is 0.338. The molecule has 0 aliphatic carbocycles. The van der Waals surface area contributed by atoms with Crippen molar-refractivity contribution in [1.29, 1.82) is 0 Å². The largest absolute Gasteiger partial charge is 0.310 e. The van der Waals surface area contributed by atoms with Crippen LogP contribution in [0.25, 0.3) is 11.4 Å². The van der Waals surface area contributed by atoms with Crippen LogP contribution in [0.15, 0.2) is 24.5 Å². The number of pyridine rings is 1. The maximum Gasteiger partial charge on any atom is 0.141 e. The molecule has 0 saturated heterocycles. The van der Waals surface area contributed by atoms with E-state index in [4.69, 9.17) is 0 Å². The molecule has 2 N–H and O–H groups in total. The second-order valence-electron chi connectivity index (χ2n) is 4.17. The molecule has 0 unspecified atom stereocenters. The summed E-state index contributed by atoms with van der Waals surface area (Å²) in [6.45, 7) is 4.87. The number of aromatic nitrogens is 3. The zero-order valence-corrected chi connectivity index (χ0v) is 9.87. The Morgan fingerprint density at radius 3 is 2.82 bits per heavy atom. The molecule has 0 atom stereocenters. The van der Waals surface area contributed by atoms with Gasteiger partial charge in [-0.05, 0) is 12.1 Å². The molecule has 2 rings (SSSR count). The number of nitrogens with one attached hydrogen (secondary N) is 2. The van der Waals surface area contributed by atoms with E-state index in [-0.39, 0.29) is 5.82 Å². The van der Waals surface area contributed by atoms with Crippen molar-refractivity contribution in [2.24, 2.45) is 0 Å². The molecule has 2 heterocycles. The molecule has 5 heteroatoms. The van der Waals surface area contributed by atoms with Crippen molar-refractivity contribution in [2.75, 3.05) is 0 Å². The van der Waals surface area contributed by atoms with Crippen LogP contribution in [0.2, 0.25) is 0 Å². The summed E-state index contributed by atoms with van der Waals surface area (Å²) in [6.07, 6.45) is 2.96. The fourth-order valence-corrected chi connectivity index (χ4v) is 1.50. The minimum atomic E-state index is -0.338. The second kappa shape index (κ2) is 5.05. The lowest BCUT2D eigenvalue weighted by molar-refractivity contribution is 0.589. The van der Waals surface area contributed by atoms with Gasteiger partial charge in [0, 0.05) is 18.2 Å². The van der Waals surface area contributed by atoms with E-state index in [0.717, 1.165) is 11.3 Å². The number of halogens is 1. The predicted octanol–water partition coefficient (Wildman–Crippen LogP) is 2.11. The van der Waals surface area contributed by atoms with Gasteiger partial charge in [0.2, 0.25) is 0 Å². The molecule has 0 aromatic carbocycles. The first-order valence-corrected chi connectivity index (χ1v) is 5.54. The summed E-state index contributed by atoms with van der Waals surface area (Å²) in [4.78, 5) is 4.03. The van der Waals surface area contributed by atoms with Gasteiger partial charge in [-0.15, -0.1) is 0 Å². The van der Waals surface area contributed by atoms with Gasteiger partial charge >= 0.3 is 0 Å². The maximum atomic E-state index is 12.8. The Bertz CT molecular complexity index is 476. The van der Waals surface area contributed by atoms with Crippen LogP contribution in [0, 0.1) is 5.82 Å². The lowest BCUT2D eigenvalue weighted by Crippen LogP contribution is -2.21. The van der Waals surface area contributed by atoms with Crippen LogP contribution < -0.4 is 5.32 Å². The zero-order chi connectivity index (χ0) is 12.3. The van der Waals surface area contributed by atoms with Crippen LogP contribution in [0.5, 0.6) is 0 Å². The minimum Gasteiger partial charge on any atom is -0.310 e. The normalized spacial score (nSPS) is 11.1. The summed E-state index contributed by atoms with van der Waals surface area (Å²) < 4.78 is 12.8. The quantitative estimate of drug-likeness (QED) is 0.851. The van der Waals surface area contributed by atoms with Gasteiger partial charge in [0.15, 0.2) is 0 Å². The van der Waals surface area contributed by atoms with Crippen molar-refractivity contribution < 1.29 is 4.39 Å². The average Bonchev–Trinajstić information content (AvgIpc) is 2.75. The molecule has 2 aromatic rings. The maximum absolute atomic E-state index is 12.8. The van der Waals surface area contributed by atoms with Crippen LogP contribution >= 0.6 is 0 Å². The number of nitrogens with zero attached hydrogens (tertiary/aromatic N) is 2. The van der Waals surface area contributed by atoms with Gasteiger partial charge in [-0.1, -0.05) is 13.8 Å². The first-order chi connectivity index (χ1) is 8.16. The highest BCUT2D eigenvalue weighted by atomic mass is 19.1. The summed E-state index contributed by atoms with van der Waals surface area (Å²) >= 11 is 0. The highest BCUT2D eigenvalue weighted by Gasteiger charge is 2.09. The van der Waals surface area contributed by atoms with E-state index in [1.165, 1.54) is 12.3 Å². The van der Waals surface area contributed by atoms with Crippen LogP contribution in [-0.2, 0) is 6.54 Å². The Kier molecular flexibility index (Phi) is 3.49. The Morgan fingerprint density at radius 1 is 1.35 bits per heavy atom. The van der Waals surface area contributed by atoms with Gasteiger partial charge in [0.1, 0.15) is 5.82 Å². The fraction of sp³-hybridized carbons (Fsp3) is 0.333. The predicted molar refractivity (Wildman–Crippen MR) is 63.8 cm³/mol. The second-order valence-corrected chi connectivity index (χ2v) is 4.17. The SMILES string of the molecule is CC(C)NCc1cn[nH]c1-c1ccc(F)cn1. The Labute approximate surface area is 99.3 Å². The topological polar surface area (TPSA) is 53.6 Å². The van der Waals surface area contributed by atoms with E-state index in [1.54, 1.807) is 12.3 Å². The van der Waals surface area contributed by atoms with Gasteiger partial charge in [0.05, 0.1) is 23.8 Å². The third-order valence-electron chi connectivity index (χ3n) is 2.40. The molecule has 2 aromatic heterocycles. The lowest BCUT2D eigenvalue weighted by atomic mass is 10.1. The van der Waals surface area contributed by atoms with Gasteiger partial charge in [0.25, 0.3) is 0 Å². The Morgan fingerprint density at radius 2 is 2.18 bits per heavy atom. The summed E-state index contributed by atoms with van der Waals surface area (Å²) in [6, 6.07) is 3.43. The molecule has 90 valence electrons. The molecule has 0 radical (unpaired) electrons. The molecular formula is C12H15FN4. The van der Waals surface area contributed by atoms with Crippen molar-refractivity contribution in [2.45, 2.75) is 26.4 Å². The molecule has 0 aliphatic rings. The van der Waals surface area contributed by atoms with Gasteiger partial charge in [-0.3, -0.25) is 10.1 Å². The highest BCUT2D eigenvalue weighted by Crippen LogP contribution is 2.18. The number of H-pyrrole nitrogens is 1. The molecule has 4 nitrogen and oxygen atoms in total.